The van der Waals surface area contributed by atoms with E-state index in [1.807, 2.05) is 20.9 Å². The first kappa shape index (κ1) is 14.1. The Morgan fingerprint density at radius 2 is 2.06 bits per heavy atom. The van der Waals surface area contributed by atoms with Gasteiger partial charge in [-0.1, -0.05) is 19.0 Å². The second kappa shape index (κ2) is 7.40. The summed E-state index contributed by atoms with van der Waals surface area (Å²) >= 11 is 0. The molecule has 1 aromatic heterocycles. The van der Waals surface area contributed by atoms with Crippen LogP contribution in [0.1, 0.15) is 50.7 Å². The minimum Gasteiger partial charge on any atom is -0.396 e. The van der Waals surface area contributed by atoms with Gasteiger partial charge in [0.15, 0.2) is 5.82 Å². The summed E-state index contributed by atoms with van der Waals surface area (Å²) in [5.74, 6) is 1.76. The van der Waals surface area contributed by atoms with Crippen molar-refractivity contribution in [2.45, 2.75) is 45.6 Å². The van der Waals surface area contributed by atoms with Crippen LogP contribution >= 0.6 is 0 Å². The van der Waals surface area contributed by atoms with Crippen molar-refractivity contribution in [3.63, 3.8) is 0 Å². The van der Waals surface area contributed by atoms with E-state index in [2.05, 4.69) is 15.0 Å². The Morgan fingerprint density at radius 3 is 2.65 bits per heavy atom. The van der Waals surface area contributed by atoms with Crippen molar-refractivity contribution in [2.24, 2.45) is 0 Å². The van der Waals surface area contributed by atoms with Crippen LogP contribution in [-0.2, 0) is 6.54 Å². The zero-order valence-corrected chi connectivity index (χ0v) is 11.0. The third-order valence-electron chi connectivity index (χ3n) is 2.60. The molecule has 0 saturated carbocycles. The smallest absolute Gasteiger partial charge is 0.240 e. The lowest BCUT2D eigenvalue weighted by molar-refractivity contribution is 0.251. The highest BCUT2D eigenvalue weighted by Gasteiger charge is 2.11. The van der Waals surface area contributed by atoms with Gasteiger partial charge in [0, 0.05) is 12.5 Å². The Labute approximate surface area is 103 Å². The summed E-state index contributed by atoms with van der Waals surface area (Å²) in [7, 11) is 2.04. The summed E-state index contributed by atoms with van der Waals surface area (Å²) in [6, 6.07) is 0. The molecular weight excluding hydrogens is 218 g/mol. The molecule has 98 valence electrons. The van der Waals surface area contributed by atoms with E-state index in [1.165, 1.54) is 0 Å². The molecule has 0 radical (unpaired) electrons. The van der Waals surface area contributed by atoms with Crippen molar-refractivity contribution >= 4 is 0 Å². The molecule has 1 N–H and O–H groups in total. The van der Waals surface area contributed by atoms with Gasteiger partial charge < -0.3 is 9.63 Å². The van der Waals surface area contributed by atoms with E-state index in [-0.39, 0.29) is 6.61 Å². The lowest BCUT2D eigenvalue weighted by Gasteiger charge is -2.13. The predicted octanol–water partition coefficient (Wildman–Crippen LogP) is 1.79. The molecule has 0 aliphatic carbocycles. The SMILES string of the molecule is CC(C)c1noc(CN(C)CCCCCO)n1. The summed E-state index contributed by atoms with van der Waals surface area (Å²) < 4.78 is 5.18. The van der Waals surface area contributed by atoms with Crippen molar-refractivity contribution in [2.75, 3.05) is 20.2 Å². The number of aromatic nitrogens is 2. The first-order valence-electron chi connectivity index (χ1n) is 6.25. The second-order valence-electron chi connectivity index (χ2n) is 4.72. The Kier molecular flexibility index (Phi) is 6.15. The summed E-state index contributed by atoms with van der Waals surface area (Å²) in [6.45, 7) is 6.06. The molecule has 1 aromatic rings. The zero-order valence-electron chi connectivity index (χ0n) is 11.0. The Balaban J connectivity index is 2.27. The first-order valence-corrected chi connectivity index (χ1v) is 6.25. The van der Waals surface area contributed by atoms with Gasteiger partial charge in [-0.2, -0.15) is 4.98 Å². The van der Waals surface area contributed by atoms with Crippen LogP contribution in [0.2, 0.25) is 0 Å². The number of aliphatic hydroxyl groups excluding tert-OH is 1. The quantitative estimate of drug-likeness (QED) is 0.703. The largest absolute Gasteiger partial charge is 0.396 e. The van der Waals surface area contributed by atoms with Crippen LogP contribution in [-0.4, -0.2) is 40.3 Å². The lowest BCUT2D eigenvalue weighted by Crippen LogP contribution is -2.19. The van der Waals surface area contributed by atoms with Crippen molar-refractivity contribution in [1.29, 1.82) is 0 Å². The fourth-order valence-electron chi connectivity index (χ4n) is 1.55. The lowest BCUT2D eigenvalue weighted by atomic mass is 10.2. The average molecular weight is 241 g/mol. The number of hydrogen-bond acceptors (Lipinski definition) is 5. The third kappa shape index (κ3) is 5.28. The van der Waals surface area contributed by atoms with Crippen LogP contribution in [0.3, 0.4) is 0 Å². The highest BCUT2D eigenvalue weighted by Crippen LogP contribution is 2.10. The second-order valence-corrected chi connectivity index (χ2v) is 4.72. The molecule has 5 heteroatoms. The molecule has 0 unspecified atom stereocenters. The van der Waals surface area contributed by atoms with Crippen LogP contribution < -0.4 is 0 Å². The van der Waals surface area contributed by atoms with E-state index >= 15 is 0 Å². The van der Waals surface area contributed by atoms with E-state index in [1.54, 1.807) is 0 Å². The van der Waals surface area contributed by atoms with Crippen molar-refractivity contribution < 1.29 is 9.63 Å². The molecule has 1 rings (SSSR count). The zero-order chi connectivity index (χ0) is 12.7. The molecule has 0 bridgehead atoms. The summed E-state index contributed by atoms with van der Waals surface area (Å²) in [5.41, 5.74) is 0. The predicted molar refractivity (Wildman–Crippen MR) is 65.7 cm³/mol. The van der Waals surface area contributed by atoms with Gasteiger partial charge in [-0.25, -0.2) is 0 Å². The summed E-state index contributed by atoms with van der Waals surface area (Å²) in [4.78, 5) is 6.50. The van der Waals surface area contributed by atoms with Crippen LogP contribution in [0, 0.1) is 0 Å². The fourth-order valence-corrected chi connectivity index (χ4v) is 1.55. The average Bonchev–Trinajstić information content (AvgIpc) is 2.73. The maximum absolute atomic E-state index is 8.67. The molecule has 0 spiro atoms. The minimum atomic E-state index is 0.283. The van der Waals surface area contributed by atoms with E-state index in [4.69, 9.17) is 9.63 Å². The maximum Gasteiger partial charge on any atom is 0.240 e. The Hall–Kier alpha value is -0.940. The van der Waals surface area contributed by atoms with Gasteiger partial charge in [0.25, 0.3) is 0 Å². The standard InChI is InChI=1S/C12H23N3O2/c1-10(2)12-13-11(17-14-12)9-15(3)7-5-4-6-8-16/h10,16H,4-9H2,1-3H3. The highest BCUT2D eigenvalue weighted by atomic mass is 16.5. The molecular formula is C12H23N3O2. The molecule has 0 saturated heterocycles. The van der Waals surface area contributed by atoms with E-state index in [0.717, 1.165) is 31.6 Å². The normalized spacial score (nSPS) is 11.6. The van der Waals surface area contributed by atoms with Crippen LogP contribution in [0.15, 0.2) is 4.52 Å². The van der Waals surface area contributed by atoms with E-state index in [0.29, 0.717) is 18.4 Å². The fraction of sp³-hybridized carbons (Fsp3) is 0.833. The molecule has 5 nitrogen and oxygen atoms in total. The van der Waals surface area contributed by atoms with Gasteiger partial charge >= 0.3 is 0 Å². The van der Waals surface area contributed by atoms with Gasteiger partial charge in [-0.15, -0.1) is 0 Å². The third-order valence-corrected chi connectivity index (χ3v) is 2.60. The molecule has 17 heavy (non-hydrogen) atoms. The summed E-state index contributed by atoms with van der Waals surface area (Å²) in [5, 5.41) is 12.6. The minimum absolute atomic E-state index is 0.283. The number of hydrogen-bond donors (Lipinski definition) is 1. The van der Waals surface area contributed by atoms with E-state index in [9.17, 15) is 0 Å². The molecule has 0 aromatic carbocycles. The molecule has 0 amide bonds. The first-order chi connectivity index (χ1) is 8.13. The van der Waals surface area contributed by atoms with Crippen molar-refractivity contribution in [1.82, 2.24) is 15.0 Å². The number of unbranched alkanes of at least 4 members (excludes halogenated alkanes) is 2. The molecule has 0 fully saturated rings. The Bertz CT molecular complexity index is 312. The molecule has 1 heterocycles. The Morgan fingerprint density at radius 1 is 1.29 bits per heavy atom. The topological polar surface area (TPSA) is 62.4 Å². The molecule has 0 atom stereocenters. The van der Waals surface area contributed by atoms with Crippen molar-refractivity contribution in [3.8, 4) is 0 Å². The number of nitrogens with zero attached hydrogens (tertiary/aromatic N) is 3. The summed E-state index contributed by atoms with van der Waals surface area (Å²) in [6.07, 6.45) is 3.02. The van der Waals surface area contributed by atoms with Gasteiger partial charge in [0.05, 0.1) is 6.54 Å². The maximum atomic E-state index is 8.67. The van der Waals surface area contributed by atoms with Gasteiger partial charge in [-0.05, 0) is 32.9 Å². The van der Waals surface area contributed by atoms with Crippen molar-refractivity contribution in [3.05, 3.63) is 11.7 Å². The highest BCUT2D eigenvalue weighted by molar-refractivity contribution is 4.91. The van der Waals surface area contributed by atoms with Gasteiger partial charge in [0.1, 0.15) is 0 Å². The number of rotatable bonds is 8. The van der Waals surface area contributed by atoms with Gasteiger partial charge in [-0.3, -0.25) is 4.90 Å². The van der Waals surface area contributed by atoms with Crippen LogP contribution in [0.25, 0.3) is 0 Å². The van der Waals surface area contributed by atoms with Crippen LogP contribution in [0.5, 0.6) is 0 Å². The monoisotopic (exact) mass is 241 g/mol. The molecule has 0 aliphatic heterocycles. The molecule has 0 aliphatic rings. The number of aliphatic hydroxyl groups is 1. The van der Waals surface area contributed by atoms with Crippen LogP contribution in [0.4, 0.5) is 0 Å². The van der Waals surface area contributed by atoms with Gasteiger partial charge in [0.2, 0.25) is 5.89 Å². The van der Waals surface area contributed by atoms with E-state index < -0.39 is 0 Å².